The molecule has 0 radical (unpaired) electrons. The van der Waals surface area contributed by atoms with E-state index < -0.39 is 0 Å². The van der Waals surface area contributed by atoms with E-state index in [2.05, 4.69) is 32.6 Å². The third-order valence-corrected chi connectivity index (χ3v) is 1.66. The third-order valence-electron chi connectivity index (χ3n) is 1.66. The molecule has 0 aliphatic carbocycles. The highest BCUT2D eigenvalue weighted by molar-refractivity contribution is 5.73. The van der Waals surface area contributed by atoms with Gasteiger partial charge in [0.1, 0.15) is 0 Å². The summed E-state index contributed by atoms with van der Waals surface area (Å²) < 4.78 is 5.25. The van der Waals surface area contributed by atoms with Crippen molar-refractivity contribution < 1.29 is 4.42 Å². The lowest BCUT2D eigenvalue weighted by atomic mass is 10.2. The van der Waals surface area contributed by atoms with Crippen LogP contribution in [0, 0.1) is 0 Å². The van der Waals surface area contributed by atoms with Gasteiger partial charge >= 0.3 is 6.03 Å². The molecule has 0 aliphatic heterocycles. The Kier molecular flexibility index (Phi) is 4.71. The summed E-state index contributed by atoms with van der Waals surface area (Å²) in [5, 5.41) is 0. The summed E-state index contributed by atoms with van der Waals surface area (Å²) in [7, 11) is 0. The van der Waals surface area contributed by atoms with Crippen molar-refractivity contribution in [3.63, 3.8) is 0 Å². The summed E-state index contributed by atoms with van der Waals surface area (Å²) in [6.07, 6.45) is 0. The quantitative estimate of drug-likeness (QED) is 0.632. The molecule has 0 unspecified atom stereocenters. The maximum atomic E-state index is 5.75. The van der Waals surface area contributed by atoms with Gasteiger partial charge in [0.2, 0.25) is 0 Å². The van der Waals surface area contributed by atoms with Crippen LogP contribution in [0.3, 0.4) is 0 Å². The lowest BCUT2D eigenvalue weighted by molar-refractivity contribution is -0.141. The molecule has 12 heavy (non-hydrogen) atoms. The Labute approximate surface area is 75.2 Å². The Balaban J connectivity index is 4.40. The molecule has 0 fully saturated rings. The molecular formula is C9H21N2O+. The highest BCUT2D eigenvalue weighted by Gasteiger charge is 2.23. The van der Waals surface area contributed by atoms with Crippen LogP contribution in [-0.2, 0) is 0 Å². The number of primary amides is 1. The van der Waals surface area contributed by atoms with E-state index in [-0.39, 0.29) is 0 Å². The molecule has 0 rings (SSSR count). The number of hydrogen-bond donors (Lipinski definition) is 1. The van der Waals surface area contributed by atoms with Gasteiger partial charge in [-0.3, -0.25) is 4.90 Å². The van der Waals surface area contributed by atoms with E-state index in [4.69, 9.17) is 10.2 Å². The van der Waals surface area contributed by atoms with Gasteiger partial charge < -0.3 is 5.73 Å². The van der Waals surface area contributed by atoms with Crippen LogP contribution in [0.4, 0.5) is 4.42 Å². The number of rotatable bonds is 3. The monoisotopic (exact) mass is 173 g/mol. The number of nitrogens with zero attached hydrogens (tertiary/aromatic N) is 1. The van der Waals surface area contributed by atoms with Crippen molar-refractivity contribution in [2.75, 3.05) is 6.61 Å². The highest BCUT2D eigenvalue weighted by atomic mass is 16.4. The molecule has 3 nitrogen and oxygen atoms in total. The molecule has 72 valence electrons. The predicted octanol–water partition coefficient (Wildman–Crippen LogP) is 1.74. The molecular weight excluding hydrogens is 152 g/mol. The van der Waals surface area contributed by atoms with Crippen molar-refractivity contribution in [2.45, 2.75) is 46.7 Å². The number of nitrogens with two attached hydrogens (primary N) is 1. The van der Waals surface area contributed by atoms with Crippen molar-refractivity contribution in [3.05, 3.63) is 0 Å². The van der Waals surface area contributed by atoms with E-state index in [1.54, 1.807) is 0 Å². The fourth-order valence-electron chi connectivity index (χ4n) is 1.33. The van der Waals surface area contributed by atoms with Crippen LogP contribution in [0.5, 0.6) is 0 Å². The minimum Gasteiger partial charge on any atom is -0.303 e. The first kappa shape index (κ1) is 11.3. The zero-order valence-corrected chi connectivity index (χ0v) is 8.79. The first-order chi connectivity index (χ1) is 5.50. The summed E-state index contributed by atoms with van der Waals surface area (Å²) in [5.41, 5.74) is 5.75. The van der Waals surface area contributed by atoms with Crippen molar-refractivity contribution in [1.82, 2.24) is 4.90 Å². The molecule has 0 saturated carbocycles. The second-order valence-electron chi connectivity index (χ2n) is 3.37. The summed E-state index contributed by atoms with van der Waals surface area (Å²) >= 11 is 0. The van der Waals surface area contributed by atoms with Gasteiger partial charge in [-0.1, -0.05) is 0 Å². The molecule has 2 N–H and O–H groups in total. The fourth-order valence-corrected chi connectivity index (χ4v) is 1.33. The lowest BCUT2D eigenvalue weighted by Gasteiger charge is -2.25. The highest BCUT2D eigenvalue weighted by Crippen LogP contribution is 2.05. The first-order valence-corrected chi connectivity index (χ1v) is 4.54. The SMILES string of the molecule is CC[O+]=C(N)N(C(C)C)C(C)C. The lowest BCUT2D eigenvalue weighted by Crippen LogP contribution is -2.45. The first-order valence-electron chi connectivity index (χ1n) is 4.54. The van der Waals surface area contributed by atoms with Crippen LogP contribution >= 0.6 is 0 Å². The summed E-state index contributed by atoms with van der Waals surface area (Å²) in [5.74, 6) is 0. The van der Waals surface area contributed by atoms with Gasteiger partial charge in [-0.2, -0.15) is 0 Å². The van der Waals surface area contributed by atoms with E-state index in [1.165, 1.54) is 0 Å². The summed E-state index contributed by atoms with van der Waals surface area (Å²) in [6, 6.07) is 1.30. The van der Waals surface area contributed by atoms with Gasteiger partial charge in [-0.05, 0) is 27.7 Å². The second-order valence-corrected chi connectivity index (χ2v) is 3.37. The topological polar surface area (TPSA) is 40.6 Å². The number of urea groups is 1. The Morgan fingerprint density at radius 2 is 1.67 bits per heavy atom. The molecule has 3 heteroatoms. The second kappa shape index (κ2) is 5.01. The molecule has 0 aromatic heterocycles. The standard InChI is InChI=1S/C9H21N2O/c1-6-12-9(10)11(7(2)3)8(4)5/h7-8H,6,10H2,1-5H3/q+1. The Morgan fingerprint density at radius 1 is 1.25 bits per heavy atom. The third kappa shape index (κ3) is 3.11. The Hall–Kier alpha value is -0.730. The van der Waals surface area contributed by atoms with E-state index in [9.17, 15) is 0 Å². The largest absolute Gasteiger partial charge is 0.500 e. The van der Waals surface area contributed by atoms with Gasteiger partial charge in [-0.25, -0.2) is 4.42 Å². The Bertz CT molecular complexity index is 145. The molecule has 0 atom stereocenters. The molecule has 0 aromatic carbocycles. The van der Waals surface area contributed by atoms with Gasteiger partial charge in [0.15, 0.2) is 0 Å². The number of amides is 2. The maximum absolute atomic E-state index is 5.75. The van der Waals surface area contributed by atoms with Gasteiger partial charge in [-0.15, -0.1) is 0 Å². The molecule has 0 aromatic rings. The molecule has 0 spiro atoms. The minimum atomic E-state index is 0.386. The average Bonchev–Trinajstić information content (AvgIpc) is 1.85. The van der Waals surface area contributed by atoms with E-state index in [0.29, 0.717) is 24.7 Å². The van der Waals surface area contributed by atoms with Crippen LogP contribution in [-0.4, -0.2) is 29.6 Å². The van der Waals surface area contributed by atoms with Crippen LogP contribution in [0.2, 0.25) is 0 Å². The summed E-state index contributed by atoms with van der Waals surface area (Å²) in [6.45, 7) is 11.0. The predicted molar refractivity (Wildman–Crippen MR) is 52.2 cm³/mol. The van der Waals surface area contributed by atoms with Crippen LogP contribution in [0.25, 0.3) is 0 Å². The fraction of sp³-hybridized carbons (Fsp3) is 0.889. The van der Waals surface area contributed by atoms with Crippen LogP contribution in [0.15, 0.2) is 0 Å². The van der Waals surface area contributed by atoms with Crippen molar-refractivity contribution in [1.29, 1.82) is 0 Å². The summed E-state index contributed by atoms with van der Waals surface area (Å²) in [4.78, 5) is 2.06. The average molecular weight is 173 g/mol. The van der Waals surface area contributed by atoms with E-state index >= 15 is 0 Å². The smallest absolute Gasteiger partial charge is 0.303 e. The van der Waals surface area contributed by atoms with Crippen molar-refractivity contribution >= 4 is 6.03 Å². The molecule has 0 heterocycles. The zero-order valence-electron chi connectivity index (χ0n) is 8.79. The van der Waals surface area contributed by atoms with Crippen LogP contribution in [0.1, 0.15) is 34.6 Å². The van der Waals surface area contributed by atoms with E-state index in [0.717, 1.165) is 0 Å². The van der Waals surface area contributed by atoms with Gasteiger partial charge in [0.05, 0.1) is 0 Å². The normalized spacial score (nSPS) is 12.8. The maximum Gasteiger partial charge on any atom is 0.500 e. The van der Waals surface area contributed by atoms with Gasteiger partial charge in [0, 0.05) is 19.0 Å². The van der Waals surface area contributed by atoms with E-state index in [1.807, 2.05) is 6.92 Å². The zero-order chi connectivity index (χ0) is 9.72. The minimum absolute atomic E-state index is 0.386. The molecule has 2 amide bonds. The van der Waals surface area contributed by atoms with Crippen molar-refractivity contribution in [2.24, 2.45) is 5.73 Å². The Morgan fingerprint density at radius 3 is 1.92 bits per heavy atom. The molecule has 0 aliphatic rings. The van der Waals surface area contributed by atoms with Gasteiger partial charge in [0.25, 0.3) is 6.61 Å². The molecule has 0 bridgehead atoms. The van der Waals surface area contributed by atoms with Crippen molar-refractivity contribution in [3.8, 4) is 0 Å². The molecule has 0 saturated heterocycles. The van der Waals surface area contributed by atoms with Crippen LogP contribution < -0.4 is 5.73 Å². The number of hydrogen-bond acceptors (Lipinski definition) is 0. The number of carbonyl (C=O) groups excluding carboxylic acids is 1.